The molecule has 16 atom stereocenters. The Labute approximate surface area is 347 Å². The van der Waals surface area contributed by atoms with Gasteiger partial charge in [0.2, 0.25) is 0 Å². The largest absolute Gasteiger partial charge is 0.462 e. The molecule has 0 radical (unpaired) electrons. The summed E-state index contributed by atoms with van der Waals surface area (Å²) in [6, 6.07) is 0. The highest BCUT2D eigenvalue weighted by molar-refractivity contribution is 5.74. The van der Waals surface area contributed by atoms with E-state index in [1.54, 1.807) is 0 Å². The number of hydrogen-bond donors (Lipinski definition) is 2. The van der Waals surface area contributed by atoms with E-state index in [0.717, 1.165) is 32.1 Å². The number of ether oxygens (including phenoxy) is 4. The highest BCUT2D eigenvalue weighted by Crippen LogP contribution is 2.47. The molecule has 324 valence electrons. The van der Waals surface area contributed by atoms with Crippen molar-refractivity contribution >= 4 is 23.9 Å². The van der Waals surface area contributed by atoms with Gasteiger partial charge < -0.3 is 29.2 Å². The molecule has 1 heterocycles. The molecule has 1 fully saturated rings. The maximum absolute atomic E-state index is 13.0. The van der Waals surface area contributed by atoms with Crippen LogP contribution in [0.1, 0.15) is 132 Å². The van der Waals surface area contributed by atoms with Crippen LogP contribution in [0.3, 0.4) is 0 Å². The molecular weight excluding hydrogens is 737 g/mol. The molecule has 2 unspecified atom stereocenters. The van der Waals surface area contributed by atoms with Gasteiger partial charge in [-0.15, -0.1) is 0 Å². The number of rotatable bonds is 17. The quantitative estimate of drug-likeness (QED) is 0.109. The van der Waals surface area contributed by atoms with Gasteiger partial charge in [-0.05, 0) is 104 Å². The predicted octanol–water partition coefficient (Wildman–Crippen LogP) is 8.39. The van der Waals surface area contributed by atoms with Crippen molar-refractivity contribution in [2.24, 2.45) is 59.2 Å². The summed E-state index contributed by atoms with van der Waals surface area (Å²) in [7, 11) is 0. The van der Waals surface area contributed by atoms with Crippen molar-refractivity contribution in [3.63, 3.8) is 0 Å². The topological polar surface area (TPSA) is 146 Å². The van der Waals surface area contributed by atoms with Crippen molar-refractivity contribution in [1.82, 2.24) is 0 Å². The van der Waals surface area contributed by atoms with Gasteiger partial charge in [0.15, 0.2) is 0 Å². The molecule has 0 saturated carbocycles. The zero-order chi connectivity index (χ0) is 42.3. The third-order valence-electron chi connectivity index (χ3n) is 13.9. The molecule has 0 bridgehead atoms. The predicted molar refractivity (Wildman–Crippen MR) is 222 cm³/mol. The van der Waals surface area contributed by atoms with Crippen molar-refractivity contribution in [1.29, 1.82) is 0 Å². The van der Waals surface area contributed by atoms with E-state index in [4.69, 9.17) is 18.9 Å². The maximum Gasteiger partial charge on any atom is 0.309 e. The van der Waals surface area contributed by atoms with Gasteiger partial charge in [0.05, 0.1) is 36.9 Å². The van der Waals surface area contributed by atoms with E-state index in [1.165, 1.54) is 11.1 Å². The lowest BCUT2D eigenvalue weighted by Gasteiger charge is -2.43. The van der Waals surface area contributed by atoms with Crippen molar-refractivity contribution in [3.8, 4) is 0 Å². The fourth-order valence-electron chi connectivity index (χ4n) is 10.1. The van der Waals surface area contributed by atoms with Gasteiger partial charge in [-0.3, -0.25) is 19.2 Å². The smallest absolute Gasteiger partial charge is 0.309 e. The molecule has 1 aliphatic heterocycles. The number of allylic oxidation sites excluding steroid dienone is 6. The van der Waals surface area contributed by atoms with E-state index in [2.05, 4.69) is 64.2 Å². The Morgan fingerprint density at radius 2 is 1.26 bits per heavy atom. The van der Waals surface area contributed by atoms with Crippen LogP contribution in [0.2, 0.25) is 0 Å². The molecule has 5 rings (SSSR count). The lowest BCUT2D eigenvalue weighted by Crippen LogP contribution is -2.42. The summed E-state index contributed by atoms with van der Waals surface area (Å²) in [4.78, 5) is 51.5. The van der Waals surface area contributed by atoms with E-state index in [0.29, 0.717) is 37.5 Å². The van der Waals surface area contributed by atoms with E-state index in [9.17, 15) is 29.4 Å². The molecule has 1 saturated heterocycles. The van der Waals surface area contributed by atoms with Gasteiger partial charge >= 0.3 is 23.9 Å². The third kappa shape index (κ3) is 11.9. The average Bonchev–Trinajstić information content (AvgIpc) is 3.16. The summed E-state index contributed by atoms with van der Waals surface area (Å²) < 4.78 is 23.8. The number of carbonyl (C=O) groups is 4. The molecule has 5 aliphatic rings. The van der Waals surface area contributed by atoms with E-state index >= 15 is 0 Å². The Morgan fingerprint density at radius 1 is 0.741 bits per heavy atom. The Balaban J connectivity index is 1.10. The monoisotopic (exact) mass is 809 g/mol. The van der Waals surface area contributed by atoms with Crippen molar-refractivity contribution in [2.45, 2.75) is 169 Å². The third-order valence-corrected chi connectivity index (χ3v) is 13.9. The number of fused-ring (bicyclic) bond motifs is 2. The van der Waals surface area contributed by atoms with Crippen molar-refractivity contribution in [3.05, 3.63) is 47.6 Å². The van der Waals surface area contributed by atoms with Crippen LogP contribution in [0.4, 0.5) is 0 Å². The zero-order valence-corrected chi connectivity index (χ0v) is 36.3. The Bertz CT molecular complexity index is 1560. The first kappa shape index (κ1) is 45.8. The second-order valence-corrected chi connectivity index (χ2v) is 18.7. The highest BCUT2D eigenvalue weighted by atomic mass is 16.6. The van der Waals surface area contributed by atoms with Crippen LogP contribution < -0.4 is 0 Å². The normalized spacial score (nSPS) is 35.2. The zero-order valence-electron chi connectivity index (χ0n) is 36.3. The summed E-state index contributed by atoms with van der Waals surface area (Å²) in [5, 5.41) is 21.9. The molecule has 0 amide bonds. The molecular formula is C48H72O10. The van der Waals surface area contributed by atoms with Gasteiger partial charge in [0.25, 0.3) is 0 Å². The van der Waals surface area contributed by atoms with Gasteiger partial charge in [0, 0.05) is 18.3 Å². The van der Waals surface area contributed by atoms with Crippen LogP contribution in [0.15, 0.2) is 47.6 Å². The fourth-order valence-corrected chi connectivity index (χ4v) is 10.1. The first-order chi connectivity index (χ1) is 27.6. The van der Waals surface area contributed by atoms with Crippen molar-refractivity contribution in [2.75, 3.05) is 0 Å². The lowest BCUT2D eigenvalue weighted by atomic mass is 9.65. The van der Waals surface area contributed by atoms with E-state index in [-0.39, 0.29) is 90.8 Å². The Hall–Kier alpha value is -3.24. The molecule has 10 heteroatoms. The number of aliphatic hydroxyl groups excluding tert-OH is 2. The number of esters is 4. The molecule has 0 spiro atoms. The highest BCUT2D eigenvalue weighted by Gasteiger charge is 2.44. The van der Waals surface area contributed by atoms with Crippen LogP contribution in [-0.2, 0) is 38.1 Å². The Kier molecular flexibility index (Phi) is 16.5. The summed E-state index contributed by atoms with van der Waals surface area (Å²) in [5.74, 6) is -0.125. The number of hydrogen-bond acceptors (Lipinski definition) is 10. The van der Waals surface area contributed by atoms with E-state index < -0.39 is 36.4 Å². The molecule has 4 aliphatic carbocycles. The van der Waals surface area contributed by atoms with Gasteiger partial charge in [-0.25, -0.2) is 0 Å². The fraction of sp³-hybridized carbons (Fsp3) is 0.750. The second kappa shape index (κ2) is 20.8. The molecule has 0 aromatic carbocycles. The van der Waals surface area contributed by atoms with Crippen molar-refractivity contribution < 1.29 is 48.3 Å². The van der Waals surface area contributed by atoms with Gasteiger partial charge in [0.1, 0.15) is 24.4 Å². The van der Waals surface area contributed by atoms with Gasteiger partial charge in [-0.1, -0.05) is 91.8 Å². The SMILES string of the molecule is CCC(C)C(=O)O[C@H]1C[C@@H](C)C=C2C=C[C@H](C)[C@H](CC[C@@H](O)C[C@@H](O)CC(=O)O[C@H]3CC(=O)O[C@H](CC[C@@H]4[C@@H]5C(=C[C@H](C)C[C@@H]5OC(=O)C(C)CC)C=C[C@@H]4C)C3)[C@H]21. The van der Waals surface area contributed by atoms with E-state index in [1.807, 2.05) is 27.7 Å². The minimum absolute atomic E-state index is 0.0241. The number of aliphatic hydroxyl groups is 2. The summed E-state index contributed by atoms with van der Waals surface area (Å²) in [6.07, 6.45) is 15.4. The van der Waals surface area contributed by atoms with Crippen LogP contribution in [0, 0.1) is 59.2 Å². The first-order valence-electron chi connectivity index (χ1n) is 22.5. The maximum atomic E-state index is 13.0. The first-order valence-corrected chi connectivity index (χ1v) is 22.5. The lowest BCUT2D eigenvalue weighted by molar-refractivity contribution is -0.171. The molecule has 58 heavy (non-hydrogen) atoms. The van der Waals surface area contributed by atoms with Crippen LogP contribution in [0.25, 0.3) is 0 Å². The minimum Gasteiger partial charge on any atom is -0.462 e. The van der Waals surface area contributed by atoms with Crippen LogP contribution in [-0.4, -0.2) is 70.7 Å². The number of carbonyl (C=O) groups excluding carboxylic acids is 4. The molecule has 0 aromatic rings. The molecule has 0 aromatic heterocycles. The summed E-state index contributed by atoms with van der Waals surface area (Å²) in [5.41, 5.74) is 2.40. The summed E-state index contributed by atoms with van der Waals surface area (Å²) in [6.45, 7) is 16.4. The minimum atomic E-state index is -1.10. The second-order valence-electron chi connectivity index (χ2n) is 18.7. The Morgan fingerprint density at radius 3 is 1.78 bits per heavy atom. The van der Waals surface area contributed by atoms with Crippen LogP contribution in [0.5, 0.6) is 0 Å². The summed E-state index contributed by atoms with van der Waals surface area (Å²) >= 11 is 0. The molecule has 10 nitrogen and oxygen atoms in total. The van der Waals surface area contributed by atoms with Crippen LogP contribution >= 0.6 is 0 Å². The standard InChI is InChI=1S/C48H72O10/c1-9-29(5)47(53)57-41-21-27(3)19-33-13-11-31(7)39(45(33)41)17-15-35(49)23-36(50)24-43(51)56-38-25-37(55-44(52)26-38)16-18-40-32(8)12-14-34-20-28(4)22-42(46(34)40)58-48(54)30(6)10-2/h11-14,19-20,27-32,35-42,45-46,49-50H,9-10,15-18,21-26H2,1-8H3/t27-,28-,29?,30?,31-,32-,35+,36+,37+,38+,39-,40-,41-,42-,45-,46-/m0/s1. The average molecular weight is 809 g/mol. The number of cyclic esters (lactones) is 1. The van der Waals surface area contributed by atoms with Gasteiger partial charge in [-0.2, -0.15) is 0 Å². The molecule has 2 N–H and O–H groups in total.